The number of para-hydroxylation sites is 1. The number of likely N-dealkylation sites (N-methyl/N-ethyl adjacent to an activating group) is 1. The molecule has 0 aliphatic carbocycles. The van der Waals surface area contributed by atoms with E-state index in [1.165, 1.54) is 24.1 Å². The molecular formula is C33H47N3O7. The predicted octanol–water partition coefficient (Wildman–Crippen LogP) is 4.90. The molecular weight excluding hydrogens is 550 g/mol. The first-order valence-corrected chi connectivity index (χ1v) is 14.5. The highest BCUT2D eigenvalue weighted by atomic mass is 16.6. The van der Waals surface area contributed by atoms with E-state index in [4.69, 9.17) is 9.47 Å². The summed E-state index contributed by atoms with van der Waals surface area (Å²) in [5, 5.41) is 16.2. The van der Waals surface area contributed by atoms with E-state index in [1.807, 2.05) is 37.3 Å². The molecule has 4 unspecified atom stereocenters. The van der Waals surface area contributed by atoms with Crippen molar-refractivity contribution in [2.24, 2.45) is 5.92 Å². The van der Waals surface area contributed by atoms with E-state index >= 15 is 0 Å². The third kappa shape index (κ3) is 10.9. The van der Waals surface area contributed by atoms with Crippen LogP contribution >= 0.6 is 0 Å². The summed E-state index contributed by atoms with van der Waals surface area (Å²) in [6.07, 6.45) is -0.0795. The number of hydrogen-bond donors (Lipinski definition) is 3. The van der Waals surface area contributed by atoms with Crippen LogP contribution in [0.4, 0.5) is 4.79 Å². The van der Waals surface area contributed by atoms with Gasteiger partial charge in [-0.3, -0.25) is 9.59 Å². The normalized spacial score (nSPS) is 14.4. The SMILES string of the molecule is CCC(C)C(NC(=O)OC(C)(C)C)C(=O)N(C)C(C(=O)NC(Cc1ccccc1)C(=O)OC(C)(C)C)c1ccccc1O. The molecule has 2 aromatic rings. The largest absolute Gasteiger partial charge is 0.508 e. The van der Waals surface area contributed by atoms with Crippen molar-refractivity contribution in [1.82, 2.24) is 15.5 Å². The summed E-state index contributed by atoms with van der Waals surface area (Å²) in [6.45, 7) is 14.0. The molecule has 0 saturated heterocycles. The Hall–Kier alpha value is -4.08. The van der Waals surface area contributed by atoms with Crippen molar-refractivity contribution in [3.8, 4) is 5.75 Å². The molecule has 0 spiro atoms. The molecule has 0 aliphatic rings. The van der Waals surface area contributed by atoms with Gasteiger partial charge in [-0.25, -0.2) is 9.59 Å². The van der Waals surface area contributed by atoms with E-state index in [0.717, 1.165) is 5.56 Å². The number of nitrogens with zero attached hydrogens (tertiary/aromatic N) is 1. The van der Waals surface area contributed by atoms with Gasteiger partial charge in [0.25, 0.3) is 0 Å². The fourth-order valence-electron chi connectivity index (χ4n) is 4.38. The second-order valence-corrected chi connectivity index (χ2v) is 12.7. The Morgan fingerprint density at radius 3 is 1.95 bits per heavy atom. The van der Waals surface area contributed by atoms with Crippen molar-refractivity contribution < 1.29 is 33.8 Å². The Labute approximate surface area is 255 Å². The minimum absolute atomic E-state index is 0.141. The van der Waals surface area contributed by atoms with Crippen LogP contribution in [0.15, 0.2) is 54.6 Å². The minimum Gasteiger partial charge on any atom is -0.508 e. The van der Waals surface area contributed by atoms with Crippen molar-refractivity contribution in [1.29, 1.82) is 0 Å². The molecule has 0 aromatic heterocycles. The van der Waals surface area contributed by atoms with E-state index in [2.05, 4.69) is 10.6 Å². The lowest BCUT2D eigenvalue weighted by Gasteiger charge is -2.34. The number of benzene rings is 2. The molecule has 3 N–H and O–H groups in total. The third-order valence-electron chi connectivity index (χ3n) is 6.66. The van der Waals surface area contributed by atoms with Crippen LogP contribution < -0.4 is 10.6 Å². The summed E-state index contributed by atoms with van der Waals surface area (Å²) in [4.78, 5) is 55.1. The number of alkyl carbamates (subject to hydrolysis) is 1. The number of carbonyl (C=O) groups is 4. The van der Waals surface area contributed by atoms with Crippen molar-refractivity contribution in [3.63, 3.8) is 0 Å². The maximum absolute atomic E-state index is 14.0. The molecule has 43 heavy (non-hydrogen) atoms. The maximum Gasteiger partial charge on any atom is 0.408 e. The topological polar surface area (TPSA) is 134 Å². The van der Waals surface area contributed by atoms with Gasteiger partial charge in [0.2, 0.25) is 11.8 Å². The highest BCUT2D eigenvalue weighted by Crippen LogP contribution is 2.30. The van der Waals surface area contributed by atoms with Crippen molar-refractivity contribution in [2.75, 3.05) is 7.05 Å². The summed E-state index contributed by atoms with van der Waals surface area (Å²) in [7, 11) is 1.42. The Balaban J connectivity index is 2.49. The van der Waals surface area contributed by atoms with Crippen LogP contribution in [-0.4, -0.2) is 64.2 Å². The molecule has 3 amide bonds. The number of rotatable bonds is 11. The lowest BCUT2D eigenvalue weighted by Crippen LogP contribution is -2.55. The molecule has 236 valence electrons. The zero-order chi connectivity index (χ0) is 32.5. The highest BCUT2D eigenvalue weighted by Gasteiger charge is 2.39. The number of hydrogen-bond acceptors (Lipinski definition) is 7. The monoisotopic (exact) mass is 597 g/mol. The van der Waals surface area contributed by atoms with E-state index < -0.39 is 53.2 Å². The number of phenolic OH excluding ortho intramolecular Hbond substituents is 1. The van der Waals surface area contributed by atoms with Crippen LogP contribution in [0.25, 0.3) is 0 Å². The second kappa shape index (κ2) is 14.9. The lowest BCUT2D eigenvalue weighted by atomic mass is 9.95. The molecule has 2 aromatic carbocycles. The average Bonchev–Trinajstić information content (AvgIpc) is 2.90. The van der Waals surface area contributed by atoms with E-state index in [0.29, 0.717) is 6.42 Å². The minimum atomic E-state index is -1.35. The number of nitrogens with one attached hydrogen (secondary N) is 2. The van der Waals surface area contributed by atoms with Gasteiger partial charge >= 0.3 is 12.1 Å². The first kappa shape index (κ1) is 35.1. The zero-order valence-electron chi connectivity index (χ0n) is 26.8. The van der Waals surface area contributed by atoms with Gasteiger partial charge in [-0.05, 0) is 59.1 Å². The molecule has 4 atom stereocenters. The standard InChI is InChI=1S/C33H47N3O7/c1-10-21(2)26(35-31(41)43-33(6,7)8)29(39)36(9)27(23-18-14-15-19-25(23)37)28(38)34-24(30(40)42-32(3,4)5)20-22-16-12-11-13-17-22/h11-19,21,24,26-27,37H,10,20H2,1-9H3,(H,34,38)(H,35,41). The summed E-state index contributed by atoms with van der Waals surface area (Å²) in [5.41, 5.74) is -0.649. The predicted molar refractivity (Wildman–Crippen MR) is 164 cm³/mol. The van der Waals surface area contributed by atoms with E-state index in [9.17, 15) is 24.3 Å². The van der Waals surface area contributed by atoms with Gasteiger partial charge in [-0.2, -0.15) is 0 Å². The van der Waals surface area contributed by atoms with E-state index in [1.54, 1.807) is 60.6 Å². The van der Waals surface area contributed by atoms with Crippen LogP contribution in [0.3, 0.4) is 0 Å². The van der Waals surface area contributed by atoms with Gasteiger partial charge < -0.3 is 30.1 Å². The molecule has 2 rings (SSSR count). The van der Waals surface area contributed by atoms with E-state index in [-0.39, 0.29) is 23.7 Å². The molecule has 0 heterocycles. The van der Waals surface area contributed by atoms with Crippen LogP contribution in [0.2, 0.25) is 0 Å². The van der Waals surface area contributed by atoms with Crippen LogP contribution in [-0.2, 0) is 30.3 Å². The summed E-state index contributed by atoms with van der Waals surface area (Å²) in [6, 6.07) is 11.9. The molecule has 10 nitrogen and oxygen atoms in total. The van der Waals surface area contributed by atoms with Crippen molar-refractivity contribution >= 4 is 23.9 Å². The Morgan fingerprint density at radius 1 is 0.860 bits per heavy atom. The summed E-state index contributed by atoms with van der Waals surface area (Å²) in [5.74, 6) is -2.44. The van der Waals surface area contributed by atoms with Crippen molar-refractivity contribution in [3.05, 3.63) is 65.7 Å². The summed E-state index contributed by atoms with van der Waals surface area (Å²) < 4.78 is 11.0. The zero-order valence-corrected chi connectivity index (χ0v) is 26.8. The number of carbonyl (C=O) groups excluding carboxylic acids is 4. The van der Waals surface area contributed by atoms with Gasteiger partial charge in [-0.1, -0.05) is 68.8 Å². The number of amides is 3. The van der Waals surface area contributed by atoms with Gasteiger partial charge in [-0.15, -0.1) is 0 Å². The number of aromatic hydroxyl groups is 1. The molecule has 0 saturated carbocycles. The van der Waals surface area contributed by atoms with Crippen LogP contribution in [0.5, 0.6) is 5.75 Å². The summed E-state index contributed by atoms with van der Waals surface area (Å²) >= 11 is 0. The van der Waals surface area contributed by atoms with Crippen molar-refractivity contribution in [2.45, 2.75) is 97.6 Å². The van der Waals surface area contributed by atoms with Crippen LogP contribution in [0, 0.1) is 5.92 Å². The molecule has 0 radical (unpaired) electrons. The first-order valence-electron chi connectivity index (χ1n) is 14.5. The average molecular weight is 598 g/mol. The highest BCUT2D eigenvalue weighted by molar-refractivity contribution is 5.94. The Bertz CT molecular complexity index is 1250. The van der Waals surface area contributed by atoms with Gasteiger partial charge in [0.05, 0.1) is 0 Å². The molecule has 0 aliphatic heterocycles. The fourth-order valence-corrected chi connectivity index (χ4v) is 4.38. The third-order valence-corrected chi connectivity index (χ3v) is 6.66. The number of ether oxygens (including phenoxy) is 2. The van der Waals surface area contributed by atoms with Gasteiger partial charge in [0.1, 0.15) is 35.1 Å². The molecule has 10 heteroatoms. The smallest absolute Gasteiger partial charge is 0.408 e. The lowest BCUT2D eigenvalue weighted by molar-refractivity contribution is -0.159. The molecule has 0 fully saturated rings. The Kier molecular flexibility index (Phi) is 12.2. The number of phenols is 1. The number of esters is 1. The Morgan fingerprint density at radius 2 is 1.42 bits per heavy atom. The van der Waals surface area contributed by atoms with Crippen LogP contribution in [0.1, 0.15) is 79.0 Å². The fraction of sp³-hybridized carbons (Fsp3) is 0.515. The van der Waals surface area contributed by atoms with Gasteiger partial charge in [0.15, 0.2) is 0 Å². The van der Waals surface area contributed by atoms with Gasteiger partial charge in [0, 0.05) is 19.0 Å². The maximum atomic E-state index is 14.0. The first-order chi connectivity index (χ1) is 19.9. The second-order valence-electron chi connectivity index (χ2n) is 12.7. The quantitative estimate of drug-likeness (QED) is 0.314. The molecule has 0 bridgehead atoms.